The monoisotopic (exact) mass is 384 g/mol. The van der Waals surface area contributed by atoms with Crippen molar-refractivity contribution in [2.75, 3.05) is 32.7 Å². The molecule has 1 amide bonds. The number of aryl methyl sites for hydroxylation is 2. The number of nitrogens with zero attached hydrogens (tertiary/aromatic N) is 2. The summed E-state index contributed by atoms with van der Waals surface area (Å²) in [5, 5.41) is 6.26. The van der Waals surface area contributed by atoms with Gasteiger partial charge >= 0.3 is 0 Å². The number of hydrogen-bond donors (Lipinski definition) is 2. The number of nitrogens with one attached hydrogen (secondary N) is 2. The molecule has 0 radical (unpaired) electrons. The average Bonchev–Trinajstić information content (AvgIpc) is 3.06. The first kappa shape index (κ1) is 20.6. The molecule has 0 unspecified atom stereocenters. The van der Waals surface area contributed by atoms with Crippen LogP contribution in [0, 0.1) is 19.8 Å². The number of likely N-dealkylation sites (tertiary alicyclic amines) is 1. The summed E-state index contributed by atoms with van der Waals surface area (Å²) < 4.78 is 5.90. The number of carbonyl (C=O) groups is 1. The van der Waals surface area contributed by atoms with E-state index < -0.39 is 0 Å². The van der Waals surface area contributed by atoms with E-state index >= 15 is 0 Å². The van der Waals surface area contributed by atoms with Gasteiger partial charge in [0.2, 0.25) is 11.8 Å². The second kappa shape index (κ2) is 9.85. The van der Waals surface area contributed by atoms with Crippen molar-refractivity contribution in [2.45, 2.75) is 40.2 Å². The summed E-state index contributed by atoms with van der Waals surface area (Å²) in [4.78, 5) is 19.4. The van der Waals surface area contributed by atoms with E-state index in [0.717, 1.165) is 62.6 Å². The van der Waals surface area contributed by atoms with Crippen LogP contribution in [0.4, 0.5) is 0 Å². The number of amides is 1. The lowest BCUT2D eigenvalue weighted by Crippen LogP contribution is -2.41. The van der Waals surface area contributed by atoms with Crippen molar-refractivity contribution in [1.29, 1.82) is 0 Å². The topological polar surface area (TPSA) is 70.4 Å². The molecular formula is C22H32N4O2. The molecule has 1 aliphatic rings. The van der Waals surface area contributed by atoms with Gasteiger partial charge in [0.1, 0.15) is 5.76 Å². The minimum absolute atomic E-state index is 0.124. The molecular weight excluding hydrogens is 352 g/mol. The van der Waals surface area contributed by atoms with Crippen LogP contribution in [0.2, 0.25) is 0 Å². The molecule has 3 rings (SSSR count). The highest BCUT2D eigenvalue weighted by Gasteiger charge is 2.25. The molecule has 1 aliphatic heterocycles. The maximum atomic E-state index is 12.3. The van der Waals surface area contributed by atoms with Crippen LogP contribution in [-0.4, -0.2) is 48.5 Å². The molecule has 1 aromatic carbocycles. The SMILES string of the molecule is CCNCCNC(=O)C1CCN(Cc2nc(-c3ccc(C)cc3)oc2C)CC1. The van der Waals surface area contributed by atoms with E-state index in [2.05, 4.69) is 41.5 Å². The van der Waals surface area contributed by atoms with Crippen LogP contribution in [0.1, 0.15) is 36.8 Å². The van der Waals surface area contributed by atoms with Gasteiger partial charge in [-0.1, -0.05) is 24.6 Å². The number of carbonyl (C=O) groups excluding carboxylic acids is 1. The summed E-state index contributed by atoms with van der Waals surface area (Å²) in [5.74, 6) is 1.87. The highest BCUT2D eigenvalue weighted by molar-refractivity contribution is 5.78. The minimum Gasteiger partial charge on any atom is -0.441 e. The van der Waals surface area contributed by atoms with Crippen LogP contribution in [0.15, 0.2) is 28.7 Å². The van der Waals surface area contributed by atoms with Gasteiger partial charge in [0.25, 0.3) is 0 Å². The second-order valence-electron chi connectivity index (χ2n) is 7.58. The van der Waals surface area contributed by atoms with Crippen LogP contribution in [-0.2, 0) is 11.3 Å². The zero-order chi connectivity index (χ0) is 19.9. The Morgan fingerprint density at radius 2 is 1.89 bits per heavy atom. The van der Waals surface area contributed by atoms with Crippen molar-refractivity contribution in [3.8, 4) is 11.5 Å². The smallest absolute Gasteiger partial charge is 0.226 e. The van der Waals surface area contributed by atoms with Gasteiger partial charge in [-0.15, -0.1) is 0 Å². The highest BCUT2D eigenvalue weighted by Crippen LogP contribution is 2.24. The van der Waals surface area contributed by atoms with Crippen LogP contribution >= 0.6 is 0 Å². The van der Waals surface area contributed by atoms with E-state index in [1.807, 2.05) is 19.1 Å². The Morgan fingerprint density at radius 3 is 2.57 bits per heavy atom. The fourth-order valence-corrected chi connectivity index (χ4v) is 3.55. The molecule has 0 bridgehead atoms. The van der Waals surface area contributed by atoms with E-state index in [9.17, 15) is 4.79 Å². The largest absolute Gasteiger partial charge is 0.441 e. The number of piperidine rings is 1. The maximum Gasteiger partial charge on any atom is 0.226 e. The molecule has 6 heteroatoms. The molecule has 2 N–H and O–H groups in total. The first-order valence-electron chi connectivity index (χ1n) is 10.3. The molecule has 2 aromatic rings. The van der Waals surface area contributed by atoms with E-state index in [4.69, 9.17) is 9.40 Å². The quantitative estimate of drug-likeness (QED) is 0.685. The normalized spacial score (nSPS) is 15.7. The Balaban J connectivity index is 1.49. The van der Waals surface area contributed by atoms with E-state index in [0.29, 0.717) is 12.4 Å². The molecule has 0 spiro atoms. The van der Waals surface area contributed by atoms with Gasteiger partial charge in [0, 0.05) is 31.1 Å². The lowest BCUT2D eigenvalue weighted by molar-refractivity contribution is -0.126. The predicted octanol–water partition coefficient (Wildman–Crippen LogP) is 2.90. The van der Waals surface area contributed by atoms with Gasteiger partial charge in [-0.3, -0.25) is 9.69 Å². The Kier molecular flexibility index (Phi) is 7.23. The maximum absolute atomic E-state index is 12.3. The lowest BCUT2D eigenvalue weighted by Gasteiger charge is -2.30. The summed E-state index contributed by atoms with van der Waals surface area (Å²) in [7, 11) is 0. The zero-order valence-electron chi connectivity index (χ0n) is 17.3. The van der Waals surface area contributed by atoms with E-state index in [-0.39, 0.29) is 11.8 Å². The fraction of sp³-hybridized carbons (Fsp3) is 0.545. The van der Waals surface area contributed by atoms with Crippen molar-refractivity contribution in [1.82, 2.24) is 20.5 Å². The Labute approximate surface area is 167 Å². The molecule has 0 aliphatic carbocycles. The fourth-order valence-electron chi connectivity index (χ4n) is 3.55. The molecule has 0 atom stereocenters. The minimum atomic E-state index is 0.124. The summed E-state index contributed by atoms with van der Waals surface area (Å²) in [6.45, 7) is 11.2. The zero-order valence-corrected chi connectivity index (χ0v) is 17.3. The molecule has 152 valence electrons. The van der Waals surface area contributed by atoms with Gasteiger partial charge in [0.15, 0.2) is 0 Å². The summed E-state index contributed by atoms with van der Waals surface area (Å²) in [6.07, 6.45) is 1.80. The Morgan fingerprint density at radius 1 is 1.18 bits per heavy atom. The van der Waals surface area contributed by atoms with Crippen molar-refractivity contribution < 1.29 is 9.21 Å². The number of likely N-dealkylation sites (N-methyl/N-ethyl adjacent to an activating group) is 1. The third kappa shape index (κ3) is 5.42. The van der Waals surface area contributed by atoms with Gasteiger partial charge in [-0.05, 0) is 58.5 Å². The number of rotatable bonds is 8. The highest BCUT2D eigenvalue weighted by atomic mass is 16.4. The first-order chi connectivity index (χ1) is 13.6. The molecule has 0 saturated carbocycles. The standard InChI is InChI=1S/C22H32N4O2/c1-4-23-11-12-24-21(27)18-9-13-26(14-10-18)15-20-17(3)28-22(25-20)19-7-5-16(2)6-8-19/h5-8,18,23H,4,9-15H2,1-3H3,(H,24,27). The molecule has 1 fully saturated rings. The summed E-state index contributed by atoms with van der Waals surface area (Å²) >= 11 is 0. The Bertz CT molecular complexity index is 761. The van der Waals surface area contributed by atoms with Gasteiger partial charge in [-0.2, -0.15) is 0 Å². The lowest BCUT2D eigenvalue weighted by atomic mass is 9.96. The van der Waals surface area contributed by atoms with Gasteiger partial charge in [-0.25, -0.2) is 4.98 Å². The number of benzene rings is 1. The van der Waals surface area contributed by atoms with E-state index in [1.165, 1.54) is 5.56 Å². The predicted molar refractivity (Wildman–Crippen MR) is 111 cm³/mol. The summed E-state index contributed by atoms with van der Waals surface area (Å²) in [6, 6.07) is 8.24. The molecule has 1 saturated heterocycles. The van der Waals surface area contributed by atoms with Gasteiger partial charge in [0.05, 0.1) is 5.69 Å². The molecule has 1 aromatic heterocycles. The van der Waals surface area contributed by atoms with Crippen LogP contribution in [0.25, 0.3) is 11.5 Å². The van der Waals surface area contributed by atoms with Crippen LogP contribution in [0.3, 0.4) is 0 Å². The molecule has 2 heterocycles. The third-order valence-electron chi connectivity index (χ3n) is 5.37. The Hall–Kier alpha value is -2.18. The van der Waals surface area contributed by atoms with Crippen LogP contribution in [0.5, 0.6) is 0 Å². The number of aromatic nitrogens is 1. The number of oxazole rings is 1. The molecule has 6 nitrogen and oxygen atoms in total. The van der Waals surface area contributed by atoms with E-state index in [1.54, 1.807) is 0 Å². The second-order valence-corrected chi connectivity index (χ2v) is 7.58. The van der Waals surface area contributed by atoms with Crippen molar-refractivity contribution in [3.63, 3.8) is 0 Å². The van der Waals surface area contributed by atoms with Gasteiger partial charge < -0.3 is 15.1 Å². The summed E-state index contributed by atoms with van der Waals surface area (Å²) in [5.41, 5.74) is 3.22. The average molecular weight is 385 g/mol. The third-order valence-corrected chi connectivity index (χ3v) is 5.37. The van der Waals surface area contributed by atoms with Crippen molar-refractivity contribution in [2.24, 2.45) is 5.92 Å². The first-order valence-corrected chi connectivity index (χ1v) is 10.3. The van der Waals surface area contributed by atoms with Crippen molar-refractivity contribution >= 4 is 5.91 Å². The number of hydrogen-bond acceptors (Lipinski definition) is 5. The molecule has 28 heavy (non-hydrogen) atoms. The van der Waals surface area contributed by atoms with Crippen LogP contribution < -0.4 is 10.6 Å². The van der Waals surface area contributed by atoms with Crippen molar-refractivity contribution in [3.05, 3.63) is 41.3 Å².